The van der Waals surface area contributed by atoms with Crippen LogP contribution < -0.4 is 40.9 Å². The minimum absolute atomic E-state index is 0.0497. The van der Waals surface area contributed by atoms with Crippen LogP contribution in [0.15, 0.2) is 131 Å². The van der Waals surface area contributed by atoms with E-state index < -0.39 is 64.0 Å². The number of rotatable bonds is 28. The van der Waals surface area contributed by atoms with Crippen molar-refractivity contribution in [3.63, 3.8) is 0 Å². The van der Waals surface area contributed by atoms with Gasteiger partial charge in [-0.2, -0.15) is 41.8 Å². The standard InChI is InChI=1S/C63H73N17O10S5.O3S/c1-8-77(9-2)43-25-27-49(73-75-62-68-55(79-29-15-13-16-30-79)53(92-62)37-47(39(6)81)57(83)64-41-21-19-23-45(33-41)94(85,86)87)51(35-43)66-59-70-60(72-61(71-59)91-12-5)67-52-36-44(78(10-3)11-4)26-28-50(52)74-76-63-69-56(80-31-17-14-18-32-80)54(93-63)38-48(40(7)82)58(84)65-42-22-20-24-46(34-42)95(88,89)90;1-4(2)3/h19-28,33-38H,8-18,29-32H2,1-7H3,(H,64,83)(H,65,84)(H,85,86,87)(H,88,89,90)(H2,66,67,70,71,72);/b47-37-,48-38+,75-73?,76-74?;. The molecule has 99 heavy (non-hydrogen) atoms. The number of benzene rings is 4. The molecule has 6 N–H and O–H groups in total. The van der Waals surface area contributed by atoms with Crippen LogP contribution in [-0.2, 0) is 50.0 Å². The smallest absolute Gasteiger partial charge is 0.372 e. The molecule has 30 nitrogen and oxygen atoms in total. The molecule has 3 aromatic heterocycles. The molecule has 5 heterocycles. The largest absolute Gasteiger partial charge is 0.425 e. The fourth-order valence-corrected chi connectivity index (χ4v) is 13.8. The normalized spacial score (nSPS) is 13.8. The minimum atomic E-state index is -4.58. The van der Waals surface area contributed by atoms with E-state index in [0.717, 1.165) is 84.7 Å². The summed E-state index contributed by atoms with van der Waals surface area (Å²) < 4.78 is 92.1. The minimum Gasteiger partial charge on any atom is -0.372 e. The molecule has 0 spiro atoms. The van der Waals surface area contributed by atoms with E-state index in [4.69, 9.17) is 47.8 Å². The van der Waals surface area contributed by atoms with Crippen molar-refractivity contribution in [3.8, 4) is 0 Å². The molecule has 0 aliphatic carbocycles. The highest BCUT2D eigenvalue weighted by Gasteiger charge is 2.26. The second-order valence-electron chi connectivity index (χ2n) is 21.9. The Bertz CT molecular complexity index is 4330. The maximum Gasteiger partial charge on any atom is 0.425 e. The maximum absolute atomic E-state index is 13.8. The molecule has 0 radical (unpaired) electrons. The van der Waals surface area contributed by atoms with Crippen molar-refractivity contribution in [1.29, 1.82) is 0 Å². The summed E-state index contributed by atoms with van der Waals surface area (Å²) in [6.07, 6.45) is 8.54. The Balaban J connectivity index is 0.00000304. The van der Waals surface area contributed by atoms with Crippen LogP contribution in [0.25, 0.3) is 12.2 Å². The van der Waals surface area contributed by atoms with Gasteiger partial charge in [0, 0.05) is 75.1 Å². The van der Waals surface area contributed by atoms with Gasteiger partial charge in [-0.15, -0.1) is 33.1 Å². The molecule has 524 valence electrons. The fraction of sp³-hybridized carbons (Fsp3) is 0.349. The summed E-state index contributed by atoms with van der Waals surface area (Å²) in [7, 11) is -12.3. The van der Waals surface area contributed by atoms with Crippen LogP contribution in [0.3, 0.4) is 0 Å². The number of carbonyl (C=O) groups excluding carboxylic acids is 4. The fourth-order valence-electron chi connectivity index (χ4n) is 10.4. The number of thiazole rings is 2. The summed E-state index contributed by atoms with van der Waals surface area (Å²) >= 11 is 3.66. The van der Waals surface area contributed by atoms with Crippen molar-refractivity contribution in [2.24, 2.45) is 20.5 Å². The molecule has 36 heteroatoms. The molecule has 2 aliphatic rings. The number of amides is 2. The molecule has 2 amide bonds. The number of anilines is 10. The van der Waals surface area contributed by atoms with Gasteiger partial charge in [0.15, 0.2) is 16.7 Å². The summed E-state index contributed by atoms with van der Waals surface area (Å²) in [4.78, 5) is 86.9. The van der Waals surface area contributed by atoms with Crippen LogP contribution in [0.2, 0.25) is 0 Å². The number of ketones is 2. The second-order valence-corrected chi connectivity index (χ2v) is 28.4. The lowest BCUT2D eigenvalue weighted by Gasteiger charge is -2.27. The van der Waals surface area contributed by atoms with Crippen LogP contribution >= 0.6 is 34.4 Å². The predicted octanol–water partition coefficient (Wildman–Crippen LogP) is 12.6. The zero-order chi connectivity index (χ0) is 71.6. The van der Waals surface area contributed by atoms with Crippen molar-refractivity contribution in [1.82, 2.24) is 24.9 Å². The number of Topliss-reactive ketones (excluding diaryl/α,β-unsaturated/α-hetero) is 2. The zero-order valence-corrected chi connectivity index (χ0v) is 59.9. The van der Waals surface area contributed by atoms with E-state index in [9.17, 15) is 45.1 Å². The summed E-state index contributed by atoms with van der Waals surface area (Å²) in [6.45, 7) is 18.2. The number of thioether (sulfide) groups is 1. The molecule has 0 saturated carbocycles. The number of hydrogen-bond acceptors (Lipinski definition) is 29. The number of azo groups is 2. The number of carbonyl (C=O) groups is 4. The molecule has 2 fully saturated rings. The Morgan fingerprint density at radius 1 is 0.556 bits per heavy atom. The van der Waals surface area contributed by atoms with Gasteiger partial charge >= 0.3 is 10.6 Å². The van der Waals surface area contributed by atoms with E-state index in [1.54, 1.807) is 0 Å². The number of piperidine rings is 2. The molecule has 2 saturated heterocycles. The summed E-state index contributed by atoms with van der Waals surface area (Å²) in [5.74, 6) is -0.722. The molecule has 4 aromatic carbocycles. The van der Waals surface area contributed by atoms with Gasteiger partial charge in [-0.25, -0.2) is 0 Å². The lowest BCUT2D eigenvalue weighted by molar-refractivity contribution is -0.120. The Kier molecular flexibility index (Phi) is 26.6. The van der Waals surface area contributed by atoms with Crippen LogP contribution in [0.5, 0.6) is 0 Å². The van der Waals surface area contributed by atoms with Gasteiger partial charge in [-0.05, 0) is 171 Å². The van der Waals surface area contributed by atoms with Crippen LogP contribution in [0, 0.1) is 0 Å². The lowest BCUT2D eigenvalue weighted by atomic mass is 10.1. The quantitative estimate of drug-likeness (QED) is 0.00662. The van der Waals surface area contributed by atoms with E-state index in [2.05, 4.69) is 78.8 Å². The van der Waals surface area contributed by atoms with Crippen molar-refractivity contribution in [2.75, 3.05) is 99.0 Å². The molecule has 7 aromatic rings. The van der Waals surface area contributed by atoms with Gasteiger partial charge in [0.2, 0.25) is 22.2 Å². The van der Waals surface area contributed by atoms with Gasteiger partial charge in [0.05, 0.1) is 42.1 Å². The molecular formula is C63H73N17O13S6. The first-order valence-electron chi connectivity index (χ1n) is 31.3. The van der Waals surface area contributed by atoms with Gasteiger partial charge in [0.1, 0.15) is 23.0 Å². The Hall–Kier alpha value is -9.30. The Morgan fingerprint density at radius 3 is 1.28 bits per heavy atom. The van der Waals surface area contributed by atoms with E-state index >= 15 is 0 Å². The second kappa shape index (κ2) is 35.0. The van der Waals surface area contributed by atoms with Crippen molar-refractivity contribution < 1.29 is 57.7 Å². The Labute approximate surface area is 586 Å². The molecule has 0 atom stereocenters. The molecule has 9 rings (SSSR count). The molecule has 0 unspecified atom stereocenters. The third-order valence-corrected chi connectivity index (χ3v) is 19.4. The monoisotopic (exact) mass is 1470 g/mol. The van der Waals surface area contributed by atoms with Gasteiger partial charge in [-0.1, -0.05) is 53.5 Å². The third-order valence-electron chi connectivity index (χ3n) is 15.2. The van der Waals surface area contributed by atoms with Gasteiger partial charge in [0.25, 0.3) is 32.1 Å². The predicted molar refractivity (Wildman–Crippen MR) is 384 cm³/mol. The number of hydrogen-bond donors (Lipinski definition) is 6. The summed E-state index contributed by atoms with van der Waals surface area (Å²) in [5.41, 5.74) is 3.18. The van der Waals surface area contributed by atoms with Crippen LogP contribution in [0.4, 0.5) is 79.3 Å². The Morgan fingerprint density at radius 2 is 0.939 bits per heavy atom. The van der Waals surface area contributed by atoms with E-state index in [1.165, 1.54) is 74.2 Å². The first-order chi connectivity index (χ1) is 47.3. The van der Waals surface area contributed by atoms with Gasteiger partial charge < -0.3 is 40.9 Å². The highest BCUT2D eigenvalue weighted by atomic mass is 32.2. The highest BCUT2D eigenvalue weighted by molar-refractivity contribution is 7.99. The average Bonchev–Trinajstić information content (AvgIpc) is 1.80. The van der Waals surface area contributed by atoms with E-state index in [0.29, 0.717) is 107 Å². The van der Waals surface area contributed by atoms with Crippen LogP contribution in [-0.4, -0.2) is 145 Å². The van der Waals surface area contributed by atoms with E-state index in [1.807, 2.05) is 43.3 Å². The highest BCUT2D eigenvalue weighted by Crippen LogP contribution is 2.41. The maximum atomic E-state index is 13.8. The van der Waals surface area contributed by atoms with E-state index in [-0.39, 0.29) is 44.7 Å². The number of nitrogens with one attached hydrogen (secondary N) is 4. The zero-order valence-electron chi connectivity index (χ0n) is 55.0. The lowest BCUT2D eigenvalue weighted by Crippen LogP contribution is -2.30. The first kappa shape index (κ1) is 75.5. The molecular weight excluding hydrogens is 1400 g/mol. The molecule has 0 bridgehead atoms. The summed E-state index contributed by atoms with van der Waals surface area (Å²) in [6, 6.07) is 21.5. The molecule has 2 aliphatic heterocycles. The summed E-state index contributed by atoms with van der Waals surface area (Å²) in [5, 5.41) is 31.7. The number of nitrogens with zero attached hydrogens (tertiary/aromatic N) is 13. The SMILES string of the molecule is CCSc1nc(Nc2cc(N(CC)CC)ccc2N=Nc2nc(N3CCCCC3)c(/C=C(/C(C)=O)C(=O)Nc3cccc(S(=O)(=O)O)c3)s2)nc(Nc2cc(N(CC)CC)ccc2N=Nc2nc(N3CCCCC3)c(/C=C(\C(C)=O)C(=O)Nc3cccc(S(=O)(=O)O)c3)s2)n1.O=S(=O)=O. The van der Waals surface area contributed by atoms with Crippen LogP contribution in [0.1, 0.15) is 96.7 Å². The van der Waals surface area contributed by atoms with Crippen molar-refractivity contribution >= 4 is 180 Å². The van der Waals surface area contributed by atoms with Crippen molar-refractivity contribution in [3.05, 3.63) is 106 Å². The topological polar surface area (TPSA) is 403 Å². The van der Waals surface area contributed by atoms with Gasteiger partial charge in [-0.3, -0.25) is 28.3 Å². The first-order valence-corrected chi connectivity index (χ1v) is 37.8. The van der Waals surface area contributed by atoms with Crippen molar-refractivity contribution in [2.45, 2.75) is 102 Å². The average molecular weight is 1470 g/mol. The number of aromatic nitrogens is 5. The third kappa shape index (κ3) is 21.1.